The number of morpholine rings is 1. The van der Waals surface area contributed by atoms with Crippen molar-refractivity contribution in [1.29, 1.82) is 0 Å². The summed E-state index contributed by atoms with van der Waals surface area (Å²) < 4.78 is 105. The molecule has 0 aromatic heterocycles. The highest BCUT2D eigenvalue weighted by Crippen LogP contribution is 2.37. The van der Waals surface area contributed by atoms with Crippen LogP contribution >= 0.6 is 0 Å². The van der Waals surface area contributed by atoms with Crippen molar-refractivity contribution in [2.24, 2.45) is 0 Å². The molecule has 0 saturated carbocycles. The van der Waals surface area contributed by atoms with E-state index in [1.807, 2.05) is 35.2 Å². The first-order valence-corrected chi connectivity index (χ1v) is 11.1. The lowest BCUT2D eigenvalue weighted by atomic mass is 10.0. The van der Waals surface area contributed by atoms with Gasteiger partial charge in [0.05, 0.1) is 30.4 Å². The quantitative estimate of drug-likeness (QED) is 0.332. The molecule has 10 heteroatoms. The van der Waals surface area contributed by atoms with Crippen molar-refractivity contribution in [3.8, 4) is 0 Å². The fraction of sp³-hybridized carbons (Fsp3) is 0.308. The minimum absolute atomic E-state index is 0.0729. The monoisotopic (exact) mass is 513 g/mol. The van der Waals surface area contributed by atoms with Gasteiger partial charge in [0.25, 0.3) is 0 Å². The van der Waals surface area contributed by atoms with Crippen LogP contribution in [-0.4, -0.2) is 24.3 Å². The smallest absolute Gasteiger partial charge is 0.349 e. The van der Waals surface area contributed by atoms with Crippen LogP contribution in [0.4, 0.5) is 30.7 Å². The van der Waals surface area contributed by atoms with E-state index in [-0.39, 0.29) is 18.2 Å². The van der Waals surface area contributed by atoms with Gasteiger partial charge in [0.2, 0.25) is 0 Å². The van der Waals surface area contributed by atoms with Crippen molar-refractivity contribution in [1.82, 2.24) is 4.90 Å². The fourth-order valence-corrected chi connectivity index (χ4v) is 4.13. The number of hydrogen-bond acceptors (Lipinski definition) is 3. The van der Waals surface area contributed by atoms with Gasteiger partial charge in [-0.05, 0) is 47.0 Å². The van der Waals surface area contributed by atoms with Crippen LogP contribution in [0.3, 0.4) is 0 Å². The van der Waals surface area contributed by atoms with E-state index in [4.69, 9.17) is 9.47 Å². The Balaban J connectivity index is 1.61. The molecular formula is C26H22F7NO2. The second-order valence-electron chi connectivity index (χ2n) is 8.42. The number of ether oxygens (including phenoxy) is 2. The third kappa shape index (κ3) is 6.43. The average molecular weight is 513 g/mol. The van der Waals surface area contributed by atoms with E-state index in [0.29, 0.717) is 30.8 Å². The lowest BCUT2D eigenvalue weighted by Gasteiger charge is -2.41. The molecule has 1 aliphatic heterocycles. The zero-order valence-electron chi connectivity index (χ0n) is 18.8. The molecular weight excluding hydrogens is 491 g/mol. The van der Waals surface area contributed by atoms with Crippen molar-refractivity contribution in [3.63, 3.8) is 0 Å². The largest absolute Gasteiger partial charge is 0.416 e. The second-order valence-corrected chi connectivity index (χ2v) is 8.42. The Morgan fingerprint density at radius 2 is 1.42 bits per heavy atom. The summed E-state index contributed by atoms with van der Waals surface area (Å²) in [5, 5.41) is 0. The Morgan fingerprint density at radius 1 is 0.806 bits per heavy atom. The van der Waals surface area contributed by atoms with Gasteiger partial charge in [0.15, 0.2) is 6.29 Å². The van der Waals surface area contributed by atoms with Gasteiger partial charge in [-0.25, -0.2) is 4.39 Å². The van der Waals surface area contributed by atoms with Gasteiger partial charge in [0.1, 0.15) is 5.82 Å². The van der Waals surface area contributed by atoms with Crippen molar-refractivity contribution in [2.45, 2.75) is 37.8 Å². The molecule has 36 heavy (non-hydrogen) atoms. The summed E-state index contributed by atoms with van der Waals surface area (Å²) in [4.78, 5) is 2.02. The van der Waals surface area contributed by atoms with Crippen LogP contribution in [0.25, 0.3) is 0 Å². The summed E-state index contributed by atoms with van der Waals surface area (Å²) in [5.74, 6) is -0.453. The second kappa shape index (κ2) is 10.6. The van der Waals surface area contributed by atoms with Crippen molar-refractivity contribution in [2.75, 3.05) is 13.2 Å². The molecule has 4 rings (SSSR count). The Hall–Kier alpha value is -2.95. The number of alkyl halides is 6. The number of benzene rings is 3. The van der Waals surface area contributed by atoms with Crippen molar-refractivity contribution in [3.05, 3.63) is 106 Å². The van der Waals surface area contributed by atoms with Gasteiger partial charge in [-0.15, -0.1) is 0 Å². The molecule has 1 heterocycles. The summed E-state index contributed by atoms with van der Waals surface area (Å²) in [6.45, 7) is 0.645. The number of halogens is 7. The molecule has 3 nitrogen and oxygen atoms in total. The Morgan fingerprint density at radius 3 is 2.00 bits per heavy atom. The van der Waals surface area contributed by atoms with Gasteiger partial charge in [-0.3, -0.25) is 4.90 Å². The van der Waals surface area contributed by atoms with E-state index in [1.54, 1.807) is 12.1 Å². The van der Waals surface area contributed by atoms with Crippen LogP contribution in [-0.2, 0) is 35.0 Å². The Kier molecular flexibility index (Phi) is 7.67. The van der Waals surface area contributed by atoms with Gasteiger partial charge in [0, 0.05) is 13.1 Å². The molecule has 0 amide bonds. The molecule has 0 spiro atoms. The molecule has 1 aliphatic rings. The highest BCUT2D eigenvalue weighted by atomic mass is 19.4. The van der Waals surface area contributed by atoms with Crippen LogP contribution < -0.4 is 0 Å². The SMILES string of the molecule is Fc1ccc(C2C(OCc3cc(C(F)(F)F)cc(C(F)(F)F)c3)OCCN2Cc2ccccc2)cc1. The van der Waals surface area contributed by atoms with Crippen LogP contribution in [0.15, 0.2) is 72.8 Å². The van der Waals surface area contributed by atoms with E-state index in [2.05, 4.69) is 0 Å². The predicted molar refractivity (Wildman–Crippen MR) is 117 cm³/mol. The lowest BCUT2D eigenvalue weighted by molar-refractivity contribution is -0.218. The number of hydrogen-bond donors (Lipinski definition) is 0. The minimum atomic E-state index is -4.96. The van der Waals surface area contributed by atoms with Crippen LogP contribution in [0, 0.1) is 5.82 Å². The first-order valence-electron chi connectivity index (χ1n) is 11.1. The van der Waals surface area contributed by atoms with E-state index in [9.17, 15) is 30.7 Å². The van der Waals surface area contributed by atoms with Gasteiger partial charge in [-0.2, -0.15) is 26.3 Å². The first kappa shape index (κ1) is 26.1. The molecule has 0 N–H and O–H groups in total. The summed E-state index contributed by atoms with van der Waals surface area (Å²) >= 11 is 0. The predicted octanol–water partition coefficient (Wildman–Crippen LogP) is 6.98. The third-order valence-electron chi connectivity index (χ3n) is 5.81. The summed E-state index contributed by atoms with van der Waals surface area (Å²) in [6, 6.07) is 15.9. The maximum absolute atomic E-state index is 13.6. The van der Waals surface area contributed by atoms with Gasteiger partial charge in [-0.1, -0.05) is 42.5 Å². The maximum Gasteiger partial charge on any atom is 0.416 e. The molecule has 0 radical (unpaired) electrons. The van der Waals surface area contributed by atoms with E-state index >= 15 is 0 Å². The maximum atomic E-state index is 13.6. The lowest BCUT2D eigenvalue weighted by Crippen LogP contribution is -2.46. The molecule has 0 bridgehead atoms. The Labute approximate surface area is 203 Å². The molecule has 2 atom stereocenters. The average Bonchev–Trinajstić information content (AvgIpc) is 2.83. The topological polar surface area (TPSA) is 21.7 Å². The van der Waals surface area contributed by atoms with Crippen LogP contribution in [0.1, 0.15) is 33.9 Å². The molecule has 0 aliphatic carbocycles. The zero-order chi connectivity index (χ0) is 25.9. The number of nitrogens with zero attached hydrogens (tertiary/aromatic N) is 1. The summed E-state index contributed by atoms with van der Waals surface area (Å²) in [6.07, 6.45) is -10.9. The van der Waals surface area contributed by atoms with Gasteiger partial charge < -0.3 is 9.47 Å². The van der Waals surface area contributed by atoms with E-state index in [0.717, 1.165) is 5.56 Å². The summed E-state index contributed by atoms with van der Waals surface area (Å²) in [5.41, 5.74) is -1.50. The standard InChI is InChI=1S/C26H22F7NO2/c27-22-8-6-19(7-9-22)23-24(35-11-10-34(23)15-17-4-2-1-3-5-17)36-16-18-12-20(25(28,29)30)14-21(13-18)26(31,32)33/h1-9,12-14,23-24H,10-11,15-16H2. The third-order valence-corrected chi connectivity index (χ3v) is 5.81. The first-order chi connectivity index (χ1) is 17.0. The molecule has 3 aromatic carbocycles. The van der Waals surface area contributed by atoms with Gasteiger partial charge >= 0.3 is 12.4 Å². The van der Waals surface area contributed by atoms with Crippen LogP contribution in [0.2, 0.25) is 0 Å². The van der Waals surface area contributed by atoms with Crippen molar-refractivity contribution >= 4 is 0 Å². The molecule has 2 unspecified atom stereocenters. The highest BCUT2D eigenvalue weighted by molar-refractivity contribution is 5.33. The zero-order valence-corrected chi connectivity index (χ0v) is 18.8. The molecule has 192 valence electrons. The number of rotatable bonds is 6. The normalized spacial score (nSPS) is 19.4. The van der Waals surface area contributed by atoms with Crippen molar-refractivity contribution < 1.29 is 40.2 Å². The fourth-order valence-electron chi connectivity index (χ4n) is 4.13. The van der Waals surface area contributed by atoms with Crippen LogP contribution in [0.5, 0.6) is 0 Å². The highest BCUT2D eigenvalue weighted by Gasteiger charge is 2.38. The molecule has 1 saturated heterocycles. The van der Waals surface area contributed by atoms with E-state index < -0.39 is 48.2 Å². The molecule has 1 fully saturated rings. The summed E-state index contributed by atoms with van der Waals surface area (Å²) in [7, 11) is 0. The Bertz CT molecular complexity index is 1120. The molecule has 3 aromatic rings. The van der Waals surface area contributed by atoms with E-state index in [1.165, 1.54) is 12.1 Å². The minimum Gasteiger partial charge on any atom is -0.349 e.